The Balaban J connectivity index is 1.53. The quantitative estimate of drug-likeness (QED) is 0.441. The first-order valence-electron chi connectivity index (χ1n) is 11.9. The molecule has 0 bridgehead atoms. The van der Waals surface area contributed by atoms with Gasteiger partial charge in [-0.2, -0.15) is 13.2 Å². The summed E-state index contributed by atoms with van der Waals surface area (Å²) in [4.78, 5) is 26.1. The highest BCUT2D eigenvalue weighted by Gasteiger charge is 2.37. The van der Waals surface area contributed by atoms with Gasteiger partial charge < -0.3 is 9.47 Å². The Morgan fingerprint density at radius 2 is 2.00 bits per heavy atom. The summed E-state index contributed by atoms with van der Waals surface area (Å²) in [5.74, 6) is -0.973. The number of halogens is 4. The van der Waals surface area contributed by atoms with Crippen molar-refractivity contribution >= 4 is 23.4 Å². The molecule has 0 radical (unpaired) electrons. The number of carbonyl (C=O) groups is 2. The third-order valence-electron chi connectivity index (χ3n) is 6.62. The van der Waals surface area contributed by atoms with Gasteiger partial charge in [-0.05, 0) is 69.0 Å². The Kier molecular flexibility index (Phi) is 7.03. The minimum absolute atomic E-state index is 0.0728. The van der Waals surface area contributed by atoms with Gasteiger partial charge in [-0.25, -0.2) is 0 Å². The second kappa shape index (κ2) is 9.61. The van der Waals surface area contributed by atoms with Crippen LogP contribution in [-0.4, -0.2) is 28.4 Å². The molecule has 2 aromatic carbocycles. The number of fused-ring (bicyclic) bond motifs is 1. The fourth-order valence-corrected chi connectivity index (χ4v) is 5.17. The Labute approximate surface area is 213 Å². The molecule has 0 unspecified atom stereocenters. The number of hydrogen-bond donors (Lipinski definition) is 0. The third kappa shape index (κ3) is 5.48. The zero-order chi connectivity index (χ0) is 26.4. The minimum Gasteiger partial charge on any atom is -0.488 e. The van der Waals surface area contributed by atoms with Crippen molar-refractivity contribution in [2.24, 2.45) is 5.92 Å². The van der Waals surface area contributed by atoms with E-state index in [1.807, 2.05) is 13.8 Å². The lowest BCUT2D eigenvalue weighted by Crippen LogP contribution is -2.40. The van der Waals surface area contributed by atoms with E-state index in [1.54, 1.807) is 26.0 Å². The molecule has 1 fully saturated rings. The number of ether oxygens (including phenoxy) is 2. The van der Waals surface area contributed by atoms with Gasteiger partial charge in [0.05, 0.1) is 5.56 Å². The Morgan fingerprint density at radius 3 is 2.64 bits per heavy atom. The van der Waals surface area contributed by atoms with E-state index in [0.29, 0.717) is 41.2 Å². The van der Waals surface area contributed by atoms with Crippen molar-refractivity contribution in [3.8, 4) is 11.5 Å². The molecule has 5 nitrogen and oxygen atoms in total. The standard InChI is InChI=1S/C27H29ClF3NO4/c1-15(25(34)32-16(2)5-8-23(32)33)9-17-6-7-22(21(10-17)27(29,30)31)35-14-19-12-20(28)11-18-13-26(3,4)36-24(18)19/h6-7,10-12,15-16H,5,8-9,13-14H2,1-4H3/t15-,16-/m1/s1. The summed E-state index contributed by atoms with van der Waals surface area (Å²) in [6.45, 7) is 7.13. The topological polar surface area (TPSA) is 55.8 Å². The van der Waals surface area contributed by atoms with Gasteiger partial charge >= 0.3 is 6.18 Å². The first-order valence-corrected chi connectivity index (χ1v) is 12.3. The van der Waals surface area contributed by atoms with Crippen LogP contribution in [0.15, 0.2) is 30.3 Å². The number of nitrogens with zero attached hydrogens (tertiary/aromatic N) is 1. The molecular formula is C27H29ClF3NO4. The highest BCUT2D eigenvalue weighted by atomic mass is 35.5. The minimum atomic E-state index is -4.66. The molecule has 2 aromatic rings. The number of alkyl halides is 3. The van der Waals surface area contributed by atoms with Crippen molar-refractivity contribution in [2.45, 2.75) is 77.8 Å². The Morgan fingerprint density at radius 1 is 1.28 bits per heavy atom. The molecule has 2 amide bonds. The molecule has 4 rings (SSSR count). The van der Waals surface area contributed by atoms with Crippen LogP contribution in [0.4, 0.5) is 13.2 Å². The number of likely N-dealkylation sites (tertiary alicyclic amines) is 1. The molecular weight excluding hydrogens is 495 g/mol. The molecule has 0 aliphatic carbocycles. The van der Waals surface area contributed by atoms with Gasteiger partial charge in [0.2, 0.25) is 11.8 Å². The van der Waals surface area contributed by atoms with Gasteiger partial charge in [0.15, 0.2) is 0 Å². The fourth-order valence-electron chi connectivity index (χ4n) is 4.91. The van der Waals surface area contributed by atoms with E-state index in [2.05, 4.69) is 0 Å². The monoisotopic (exact) mass is 523 g/mol. The van der Waals surface area contributed by atoms with Gasteiger partial charge in [-0.1, -0.05) is 24.6 Å². The van der Waals surface area contributed by atoms with E-state index in [0.717, 1.165) is 11.6 Å². The maximum Gasteiger partial charge on any atom is 0.419 e. The predicted molar refractivity (Wildman–Crippen MR) is 129 cm³/mol. The number of imide groups is 1. The van der Waals surface area contributed by atoms with Crippen LogP contribution < -0.4 is 9.47 Å². The Bertz CT molecular complexity index is 1190. The van der Waals surface area contributed by atoms with E-state index in [9.17, 15) is 22.8 Å². The molecule has 2 aliphatic rings. The van der Waals surface area contributed by atoms with Crippen molar-refractivity contribution in [1.29, 1.82) is 0 Å². The summed E-state index contributed by atoms with van der Waals surface area (Å²) in [5.41, 5.74) is 0.436. The Hall–Kier alpha value is -2.74. The van der Waals surface area contributed by atoms with Crippen LogP contribution in [0.2, 0.25) is 5.02 Å². The van der Waals surface area contributed by atoms with E-state index in [4.69, 9.17) is 21.1 Å². The van der Waals surface area contributed by atoms with Gasteiger partial charge in [-0.15, -0.1) is 0 Å². The van der Waals surface area contributed by atoms with E-state index >= 15 is 0 Å². The van der Waals surface area contributed by atoms with Gasteiger partial charge in [-0.3, -0.25) is 14.5 Å². The average Bonchev–Trinajstić information content (AvgIpc) is 3.27. The first kappa shape index (κ1) is 26.3. The summed E-state index contributed by atoms with van der Waals surface area (Å²) in [6, 6.07) is 7.04. The lowest BCUT2D eigenvalue weighted by molar-refractivity contribution is -0.146. The predicted octanol–water partition coefficient (Wildman–Crippen LogP) is 6.37. The first-order chi connectivity index (χ1) is 16.7. The van der Waals surface area contributed by atoms with Crippen LogP contribution in [-0.2, 0) is 35.2 Å². The zero-order valence-corrected chi connectivity index (χ0v) is 21.4. The molecule has 0 aromatic heterocycles. The summed E-state index contributed by atoms with van der Waals surface area (Å²) in [7, 11) is 0. The van der Waals surface area contributed by atoms with Crippen LogP contribution in [0.25, 0.3) is 0 Å². The van der Waals surface area contributed by atoms with Crippen LogP contribution in [0, 0.1) is 5.92 Å². The maximum absolute atomic E-state index is 13.9. The van der Waals surface area contributed by atoms with Crippen LogP contribution >= 0.6 is 11.6 Å². The summed E-state index contributed by atoms with van der Waals surface area (Å²) in [5, 5.41) is 0.462. The number of benzene rings is 2. The van der Waals surface area contributed by atoms with Crippen molar-refractivity contribution < 1.29 is 32.2 Å². The number of amides is 2. The summed E-state index contributed by atoms with van der Waals surface area (Å²) < 4.78 is 53.4. The summed E-state index contributed by atoms with van der Waals surface area (Å²) >= 11 is 6.22. The molecule has 0 saturated carbocycles. The van der Waals surface area contributed by atoms with Crippen molar-refractivity contribution in [1.82, 2.24) is 4.90 Å². The highest BCUT2D eigenvalue weighted by molar-refractivity contribution is 6.30. The largest absolute Gasteiger partial charge is 0.488 e. The fraction of sp³-hybridized carbons (Fsp3) is 0.481. The molecule has 194 valence electrons. The van der Waals surface area contributed by atoms with E-state index < -0.39 is 23.3 Å². The third-order valence-corrected chi connectivity index (χ3v) is 6.84. The second-order valence-corrected chi connectivity index (χ2v) is 10.7. The van der Waals surface area contributed by atoms with E-state index in [1.165, 1.54) is 17.0 Å². The SMILES string of the molecule is C[C@H](Cc1ccc(OCc2cc(Cl)cc3c2OC(C)(C)C3)c(C(F)(F)F)c1)C(=O)N1C(=O)CC[C@H]1C. The molecule has 0 spiro atoms. The molecule has 2 heterocycles. The van der Waals surface area contributed by atoms with Gasteiger partial charge in [0.1, 0.15) is 23.7 Å². The number of hydrogen-bond acceptors (Lipinski definition) is 4. The van der Waals surface area contributed by atoms with Gasteiger partial charge in [0, 0.05) is 35.4 Å². The average molecular weight is 524 g/mol. The van der Waals surface area contributed by atoms with Crippen LogP contribution in [0.3, 0.4) is 0 Å². The summed E-state index contributed by atoms with van der Waals surface area (Å²) in [6.07, 6.45) is -3.05. The van der Waals surface area contributed by atoms with Crippen LogP contribution in [0.1, 0.15) is 62.8 Å². The second-order valence-electron chi connectivity index (χ2n) is 10.3. The number of carbonyl (C=O) groups excluding carboxylic acids is 2. The molecule has 0 N–H and O–H groups in total. The molecule has 1 saturated heterocycles. The maximum atomic E-state index is 13.9. The smallest absolute Gasteiger partial charge is 0.419 e. The highest BCUT2D eigenvalue weighted by Crippen LogP contribution is 2.41. The van der Waals surface area contributed by atoms with Crippen molar-refractivity contribution in [3.05, 3.63) is 57.6 Å². The van der Waals surface area contributed by atoms with Crippen molar-refractivity contribution in [3.63, 3.8) is 0 Å². The molecule has 2 aliphatic heterocycles. The van der Waals surface area contributed by atoms with Crippen molar-refractivity contribution in [2.75, 3.05) is 0 Å². The van der Waals surface area contributed by atoms with Crippen LogP contribution in [0.5, 0.6) is 11.5 Å². The number of rotatable bonds is 6. The molecule has 9 heteroatoms. The van der Waals surface area contributed by atoms with Gasteiger partial charge in [0.25, 0.3) is 0 Å². The lowest BCUT2D eigenvalue weighted by Gasteiger charge is -2.24. The normalized spacial score (nSPS) is 19.7. The zero-order valence-electron chi connectivity index (χ0n) is 20.7. The van der Waals surface area contributed by atoms with E-state index in [-0.39, 0.29) is 36.6 Å². The molecule has 2 atom stereocenters. The lowest BCUT2D eigenvalue weighted by atomic mass is 9.97. The molecule has 36 heavy (non-hydrogen) atoms.